The SMILES string of the molecule is C=C(/C=C\C=C(/C)C(F)F)c1nc(Nc2ccnc(N)c2)c2cccn2n1. The van der Waals surface area contributed by atoms with Crippen LogP contribution in [0.1, 0.15) is 12.7 Å². The molecule has 3 rings (SSSR count). The van der Waals surface area contributed by atoms with Gasteiger partial charge in [0.05, 0.1) is 0 Å². The second kappa shape index (κ2) is 7.77. The zero-order valence-electron chi connectivity index (χ0n) is 14.6. The molecule has 0 amide bonds. The molecule has 138 valence electrons. The molecule has 0 radical (unpaired) electrons. The Balaban J connectivity index is 1.92. The number of aromatic nitrogens is 4. The van der Waals surface area contributed by atoms with E-state index in [0.717, 1.165) is 11.2 Å². The highest BCUT2D eigenvalue weighted by Crippen LogP contribution is 2.22. The molecule has 0 saturated heterocycles. The van der Waals surface area contributed by atoms with E-state index in [0.29, 0.717) is 23.0 Å². The molecular weight excluding hydrogens is 350 g/mol. The smallest absolute Gasteiger partial charge is 0.259 e. The van der Waals surface area contributed by atoms with Crippen molar-refractivity contribution in [3.63, 3.8) is 0 Å². The van der Waals surface area contributed by atoms with Crippen molar-refractivity contribution in [3.8, 4) is 0 Å². The molecule has 0 spiro atoms. The molecule has 3 aromatic heterocycles. The monoisotopic (exact) mass is 368 g/mol. The van der Waals surface area contributed by atoms with E-state index in [1.807, 2.05) is 12.1 Å². The van der Waals surface area contributed by atoms with E-state index >= 15 is 0 Å². The van der Waals surface area contributed by atoms with Gasteiger partial charge in [-0.1, -0.05) is 24.8 Å². The summed E-state index contributed by atoms with van der Waals surface area (Å²) in [6, 6.07) is 7.16. The Morgan fingerprint density at radius 1 is 1.37 bits per heavy atom. The highest BCUT2D eigenvalue weighted by atomic mass is 19.3. The summed E-state index contributed by atoms with van der Waals surface area (Å²) < 4.78 is 26.7. The van der Waals surface area contributed by atoms with Crippen molar-refractivity contribution >= 4 is 28.4 Å². The van der Waals surface area contributed by atoms with Gasteiger partial charge in [0.25, 0.3) is 6.43 Å². The Morgan fingerprint density at radius 3 is 2.93 bits per heavy atom. The fraction of sp³-hybridized carbons (Fsp3) is 0.105. The van der Waals surface area contributed by atoms with Crippen LogP contribution in [0.2, 0.25) is 0 Å². The van der Waals surface area contributed by atoms with E-state index in [1.165, 1.54) is 19.1 Å². The molecule has 0 aromatic carbocycles. The number of hydrogen-bond donors (Lipinski definition) is 2. The predicted octanol–water partition coefficient (Wildman–Crippen LogP) is 4.23. The lowest BCUT2D eigenvalue weighted by atomic mass is 10.2. The summed E-state index contributed by atoms with van der Waals surface area (Å²) in [4.78, 5) is 8.46. The number of pyridine rings is 1. The second-order valence-corrected chi connectivity index (χ2v) is 5.81. The number of nitrogen functional groups attached to an aromatic ring is 1. The Bertz CT molecular complexity index is 1040. The van der Waals surface area contributed by atoms with Gasteiger partial charge in [0.1, 0.15) is 11.3 Å². The van der Waals surface area contributed by atoms with Crippen molar-refractivity contribution in [1.29, 1.82) is 0 Å². The number of rotatable bonds is 6. The lowest BCUT2D eigenvalue weighted by molar-refractivity contribution is 0.190. The molecule has 0 aliphatic carbocycles. The van der Waals surface area contributed by atoms with Crippen LogP contribution in [0, 0.1) is 0 Å². The van der Waals surface area contributed by atoms with Gasteiger partial charge in [0.2, 0.25) is 0 Å². The Labute approximate surface area is 154 Å². The van der Waals surface area contributed by atoms with Crippen molar-refractivity contribution < 1.29 is 8.78 Å². The molecule has 0 aliphatic heterocycles. The number of nitrogens with zero attached hydrogens (tertiary/aromatic N) is 4. The van der Waals surface area contributed by atoms with Crippen molar-refractivity contribution in [2.45, 2.75) is 13.3 Å². The van der Waals surface area contributed by atoms with Crippen molar-refractivity contribution in [3.05, 3.63) is 72.9 Å². The third-order valence-corrected chi connectivity index (χ3v) is 3.72. The molecule has 0 saturated carbocycles. The third-order valence-electron chi connectivity index (χ3n) is 3.72. The Hall–Kier alpha value is -3.55. The average molecular weight is 368 g/mol. The quantitative estimate of drug-likeness (QED) is 0.637. The zero-order chi connectivity index (χ0) is 19.4. The maximum Gasteiger partial charge on any atom is 0.259 e. The molecule has 6 nitrogen and oxygen atoms in total. The summed E-state index contributed by atoms with van der Waals surface area (Å²) in [5.74, 6) is 1.31. The number of fused-ring (bicyclic) bond motifs is 1. The summed E-state index contributed by atoms with van der Waals surface area (Å²) in [7, 11) is 0. The van der Waals surface area contributed by atoms with Crippen LogP contribution in [0.25, 0.3) is 11.1 Å². The van der Waals surface area contributed by atoms with Crippen molar-refractivity contribution in [2.24, 2.45) is 0 Å². The molecule has 27 heavy (non-hydrogen) atoms. The van der Waals surface area contributed by atoms with E-state index in [2.05, 4.69) is 27.0 Å². The fourth-order valence-corrected chi connectivity index (χ4v) is 2.29. The molecule has 8 heteroatoms. The van der Waals surface area contributed by atoms with Gasteiger partial charge >= 0.3 is 0 Å². The average Bonchev–Trinajstić information content (AvgIpc) is 3.10. The van der Waals surface area contributed by atoms with Crippen LogP contribution in [-0.2, 0) is 0 Å². The molecular formula is C19H18F2N6. The molecule has 3 aromatic rings. The van der Waals surface area contributed by atoms with Crippen LogP contribution in [-0.4, -0.2) is 26.0 Å². The summed E-state index contributed by atoms with van der Waals surface area (Å²) in [6.45, 7) is 5.28. The first-order valence-electron chi connectivity index (χ1n) is 8.10. The van der Waals surface area contributed by atoms with E-state index < -0.39 is 6.43 Å². The Morgan fingerprint density at radius 2 is 2.19 bits per heavy atom. The number of allylic oxidation sites excluding steroid dienone is 5. The van der Waals surface area contributed by atoms with Crippen LogP contribution in [0.5, 0.6) is 0 Å². The first-order chi connectivity index (χ1) is 12.9. The van der Waals surface area contributed by atoms with E-state index in [1.54, 1.807) is 35.1 Å². The van der Waals surface area contributed by atoms with Gasteiger partial charge in [-0.2, -0.15) is 0 Å². The van der Waals surface area contributed by atoms with Gasteiger partial charge in [0.15, 0.2) is 11.6 Å². The van der Waals surface area contributed by atoms with Crippen LogP contribution < -0.4 is 11.1 Å². The van der Waals surface area contributed by atoms with Crippen LogP contribution in [0.3, 0.4) is 0 Å². The first-order valence-corrected chi connectivity index (χ1v) is 8.10. The van der Waals surface area contributed by atoms with E-state index in [9.17, 15) is 8.78 Å². The number of nitrogens with two attached hydrogens (primary N) is 1. The standard InChI is InChI=1S/C19H18F2N6/c1-12(17(20)21)5-3-6-13(2)18-25-19(15-7-4-10-27(15)26-18)24-14-8-9-23-16(22)11-14/h3-11,17H,2H2,1H3,(H3,22,23,24,25,26)/b6-3-,12-5+. The third kappa shape index (κ3) is 4.35. The van der Waals surface area contributed by atoms with Crippen molar-refractivity contribution in [2.75, 3.05) is 11.1 Å². The molecule has 0 unspecified atom stereocenters. The molecule has 3 heterocycles. The first kappa shape index (κ1) is 18.2. The lowest BCUT2D eigenvalue weighted by Gasteiger charge is -2.10. The number of halogens is 2. The summed E-state index contributed by atoms with van der Waals surface area (Å²) in [6.07, 6.45) is 5.31. The number of hydrogen-bond acceptors (Lipinski definition) is 5. The fourth-order valence-electron chi connectivity index (χ4n) is 2.29. The van der Waals surface area contributed by atoms with Crippen LogP contribution in [0.15, 0.2) is 67.0 Å². The minimum atomic E-state index is -2.49. The predicted molar refractivity (Wildman–Crippen MR) is 103 cm³/mol. The molecule has 3 N–H and O–H groups in total. The highest BCUT2D eigenvalue weighted by molar-refractivity contribution is 5.76. The maximum atomic E-state index is 12.5. The number of nitrogens with one attached hydrogen (secondary N) is 1. The molecule has 0 aliphatic rings. The normalized spacial score (nSPS) is 12.2. The topological polar surface area (TPSA) is 81.1 Å². The van der Waals surface area contributed by atoms with Gasteiger partial charge in [-0.3, -0.25) is 0 Å². The Kier molecular flexibility index (Phi) is 5.25. The number of alkyl halides is 2. The van der Waals surface area contributed by atoms with Gasteiger partial charge in [-0.25, -0.2) is 23.3 Å². The van der Waals surface area contributed by atoms with Crippen LogP contribution in [0.4, 0.5) is 26.1 Å². The van der Waals surface area contributed by atoms with Gasteiger partial charge in [-0.05, 0) is 30.7 Å². The highest BCUT2D eigenvalue weighted by Gasteiger charge is 2.10. The minimum absolute atomic E-state index is 0.0292. The maximum absolute atomic E-state index is 12.5. The summed E-state index contributed by atoms with van der Waals surface area (Å²) in [5, 5.41) is 7.59. The zero-order valence-corrected chi connectivity index (χ0v) is 14.6. The lowest BCUT2D eigenvalue weighted by Crippen LogP contribution is -2.05. The number of anilines is 3. The van der Waals surface area contributed by atoms with Crippen molar-refractivity contribution in [1.82, 2.24) is 19.6 Å². The van der Waals surface area contributed by atoms with Gasteiger partial charge in [-0.15, -0.1) is 5.10 Å². The van der Waals surface area contributed by atoms with Crippen LogP contribution >= 0.6 is 0 Å². The molecule has 0 bridgehead atoms. The van der Waals surface area contributed by atoms with E-state index in [-0.39, 0.29) is 5.57 Å². The largest absolute Gasteiger partial charge is 0.384 e. The second-order valence-electron chi connectivity index (χ2n) is 5.81. The molecule has 0 fully saturated rings. The summed E-state index contributed by atoms with van der Waals surface area (Å²) >= 11 is 0. The van der Waals surface area contributed by atoms with E-state index in [4.69, 9.17) is 5.73 Å². The molecule has 0 atom stereocenters. The summed E-state index contributed by atoms with van der Waals surface area (Å²) in [5.41, 5.74) is 7.66. The van der Waals surface area contributed by atoms with Gasteiger partial charge < -0.3 is 11.1 Å². The van der Waals surface area contributed by atoms with Gasteiger partial charge in [0, 0.05) is 29.7 Å². The minimum Gasteiger partial charge on any atom is -0.384 e.